The molecule has 1 aromatic rings. The first-order valence-electron chi connectivity index (χ1n) is 8.62. The molecule has 0 bridgehead atoms. The number of carbonyl (C=O) groups excluding carboxylic acids is 1. The Morgan fingerprint density at radius 2 is 2.04 bits per heavy atom. The maximum atomic E-state index is 12.1. The van der Waals surface area contributed by atoms with Gasteiger partial charge in [-0.05, 0) is 46.2 Å². The summed E-state index contributed by atoms with van der Waals surface area (Å²) in [6.07, 6.45) is 2.25. The number of carbonyl (C=O) groups is 1. The highest BCUT2D eigenvalue weighted by Crippen LogP contribution is 2.33. The van der Waals surface area contributed by atoms with Crippen molar-refractivity contribution in [2.24, 2.45) is 5.92 Å². The number of ether oxygens (including phenoxy) is 1. The minimum atomic E-state index is 0.0903. The van der Waals surface area contributed by atoms with Crippen LogP contribution in [0.25, 0.3) is 0 Å². The van der Waals surface area contributed by atoms with E-state index < -0.39 is 0 Å². The summed E-state index contributed by atoms with van der Waals surface area (Å²) < 4.78 is 6.01. The van der Waals surface area contributed by atoms with Crippen LogP contribution in [0.4, 0.5) is 0 Å². The molecule has 1 N–H and O–H groups in total. The number of hydrogen-bond donors (Lipinski definition) is 1. The molecule has 2 unspecified atom stereocenters. The normalized spacial score (nSPS) is 21.7. The number of likely N-dealkylation sites (N-methyl/N-ethyl adjacent to an activating group) is 1. The van der Waals surface area contributed by atoms with Crippen molar-refractivity contribution in [3.8, 4) is 0 Å². The molecule has 4 heteroatoms. The lowest BCUT2D eigenvalue weighted by molar-refractivity contribution is -0.123. The third kappa shape index (κ3) is 5.33. The van der Waals surface area contributed by atoms with Gasteiger partial charge in [-0.25, -0.2) is 0 Å². The molecule has 0 spiro atoms. The summed E-state index contributed by atoms with van der Waals surface area (Å²) in [5.74, 6) is 0.439. The SMILES string of the molecule is Cc1ccc(C2OCCCC2CNC(=O)CN(C)C(C)C)cc1. The van der Waals surface area contributed by atoms with E-state index in [1.54, 1.807) is 0 Å². The highest BCUT2D eigenvalue weighted by molar-refractivity contribution is 5.78. The topological polar surface area (TPSA) is 41.6 Å². The molecule has 1 heterocycles. The van der Waals surface area contributed by atoms with Crippen molar-refractivity contribution in [2.45, 2.75) is 45.8 Å². The molecular formula is C19H30N2O2. The van der Waals surface area contributed by atoms with Crippen LogP contribution in [0.1, 0.15) is 43.9 Å². The lowest BCUT2D eigenvalue weighted by Gasteiger charge is -2.32. The first kappa shape index (κ1) is 18.0. The summed E-state index contributed by atoms with van der Waals surface area (Å²) in [6.45, 7) is 8.21. The minimum Gasteiger partial charge on any atom is -0.373 e. The molecule has 2 rings (SSSR count). The summed E-state index contributed by atoms with van der Waals surface area (Å²) in [4.78, 5) is 14.1. The van der Waals surface area contributed by atoms with Gasteiger partial charge in [0.2, 0.25) is 5.91 Å². The van der Waals surface area contributed by atoms with Crippen molar-refractivity contribution in [3.05, 3.63) is 35.4 Å². The van der Waals surface area contributed by atoms with E-state index in [9.17, 15) is 4.79 Å². The maximum absolute atomic E-state index is 12.1. The Bertz CT molecular complexity index is 499. The van der Waals surface area contributed by atoms with E-state index in [4.69, 9.17) is 4.74 Å². The van der Waals surface area contributed by atoms with Gasteiger partial charge in [0.05, 0.1) is 12.6 Å². The lowest BCUT2D eigenvalue weighted by atomic mass is 9.89. The van der Waals surface area contributed by atoms with Gasteiger partial charge in [-0.15, -0.1) is 0 Å². The van der Waals surface area contributed by atoms with Gasteiger partial charge >= 0.3 is 0 Å². The number of hydrogen-bond acceptors (Lipinski definition) is 3. The number of aryl methyl sites for hydroxylation is 1. The molecule has 1 fully saturated rings. The molecule has 0 aromatic heterocycles. The minimum absolute atomic E-state index is 0.0903. The van der Waals surface area contributed by atoms with Crippen LogP contribution in [0.2, 0.25) is 0 Å². The average Bonchev–Trinajstić information content (AvgIpc) is 2.54. The van der Waals surface area contributed by atoms with Crippen molar-refractivity contribution in [3.63, 3.8) is 0 Å². The van der Waals surface area contributed by atoms with Crippen LogP contribution in [0.15, 0.2) is 24.3 Å². The van der Waals surface area contributed by atoms with Crippen molar-refractivity contribution < 1.29 is 9.53 Å². The van der Waals surface area contributed by atoms with Crippen molar-refractivity contribution in [1.82, 2.24) is 10.2 Å². The molecule has 23 heavy (non-hydrogen) atoms. The zero-order valence-corrected chi connectivity index (χ0v) is 14.8. The summed E-state index contributed by atoms with van der Waals surface area (Å²) in [5, 5.41) is 3.09. The van der Waals surface area contributed by atoms with Gasteiger partial charge in [0.15, 0.2) is 0 Å². The van der Waals surface area contributed by atoms with E-state index in [1.807, 2.05) is 11.9 Å². The fourth-order valence-corrected chi connectivity index (χ4v) is 2.89. The molecule has 2 atom stereocenters. The molecule has 1 aliphatic heterocycles. The van der Waals surface area contributed by atoms with Crippen LogP contribution in [-0.4, -0.2) is 43.6 Å². The smallest absolute Gasteiger partial charge is 0.234 e. The molecule has 1 aromatic carbocycles. The van der Waals surface area contributed by atoms with E-state index in [0.717, 1.165) is 19.4 Å². The van der Waals surface area contributed by atoms with E-state index >= 15 is 0 Å². The summed E-state index contributed by atoms with van der Waals surface area (Å²) in [7, 11) is 1.98. The van der Waals surface area contributed by atoms with Gasteiger partial charge in [0.1, 0.15) is 0 Å². The molecular weight excluding hydrogens is 288 g/mol. The second-order valence-corrected chi connectivity index (χ2v) is 6.92. The van der Waals surface area contributed by atoms with E-state index in [-0.39, 0.29) is 12.0 Å². The van der Waals surface area contributed by atoms with Crippen LogP contribution < -0.4 is 5.32 Å². The molecule has 1 saturated heterocycles. The van der Waals surface area contributed by atoms with Crippen LogP contribution in [0.5, 0.6) is 0 Å². The fraction of sp³-hybridized carbons (Fsp3) is 0.632. The number of nitrogens with one attached hydrogen (secondary N) is 1. The van der Waals surface area contributed by atoms with Gasteiger partial charge in [-0.1, -0.05) is 29.8 Å². The van der Waals surface area contributed by atoms with E-state index in [1.165, 1.54) is 11.1 Å². The van der Waals surface area contributed by atoms with Crippen LogP contribution in [-0.2, 0) is 9.53 Å². The number of benzene rings is 1. The Morgan fingerprint density at radius 1 is 1.35 bits per heavy atom. The molecule has 4 nitrogen and oxygen atoms in total. The predicted molar refractivity (Wildman–Crippen MR) is 93.4 cm³/mol. The van der Waals surface area contributed by atoms with E-state index in [2.05, 4.69) is 50.4 Å². The quantitative estimate of drug-likeness (QED) is 0.877. The van der Waals surface area contributed by atoms with Crippen molar-refractivity contribution >= 4 is 5.91 Å². The molecule has 0 saturated carbocycles. The molecule has 1 aliphatic rings. The second-order valence-electron chi connectivity index (χ2n) is 6.92. The zero-order valence-electron chi connectivity index (χ0n) is 14.8. The first-order chi connectivity index (χ1) is 11.0. The number of nitrogens with zero attached hydrogens (tertiary/aromatic N) is 1. The van der Waals surface area contributed by atoms with Crippen LogP contribution in [0, 0.1) is 12.8 Å². The fourth-order valence-electron chi connectivity index (χ4n) is 2.89. The third-order valence-electron chi connectivity index (χ3n) is 4.69. The molecule has 0 aliphatic carbocycles. The Hall–Kier alpha value is -1.39. The van der Waals surface area contributed by atoms with E-state index in [0.29, 0.717) is 25.0 Å². The molecule has 128 valence electrons. The van der Waals surface area contributed by atoms with Crippen molar-refractivity contribution in [1.29, 1.82) is 0 Å². The highest BCUT2D eigenvalue weighted by Gasteiger charge is 2.27. The summed E-state index contributed by atoms with van der Waals surface area (Å²) in [6, 6.07) is 8.92. The van der Waals surface area contributed by atoms with Crippen molar-refractivity contribution in [2.75, 3.05) is 26.7 Å². The first-order valence-corrected chi connectivity index (χ1v) is 8.62. The summed E-state index contributed by atoms with van der Waals surface area (Å²) >= 11 is 0. The zero-order chi connectivity index (χ0) is 16.8. The van der Waals surface area contributed by atoms with Gasteiger partial charge in [0.25, 0.3) is 0 Å². The highest BCUT2D eigenvalue weighted by atomic mass is 16.5. The largest absolute Gasteiger partial charge is 0.373 e. The monoisotopic (exact) mass is 318 g/mol. The standard InChI is InChI=1S/C19H30N2O2/c1-14(2)21(4)13-18(22)20-12-17-6-5-11-23-19(17)16-9-7-15(3)8-10-16/h7-10,14,17,19H,5-6,11-13H2,1-4H3,(H,20,22). The molecule has 0 radical (unpaired) electrons. The lowest BCUT2D eigenvalue weighted by Crippen LogP contribution is -2.41. The summed E-state index contributed by atoms with van der Waals surface area (Å²) in [5.41, 5.74) is 2.47. The Morgan fingerprint density at radius 3 is 2.70 bits per heavy atom. The third-order valence-corrected chi connectivity index (χ3v) is 4.69. The Kier molecular flexibility index (Phi) is 6.60. The Balaban J connectivity index is 1.91. The van der Waals surface area contributed by atoms with Gasteiger partial charge in [-0.3, -0.25) is 9.69 Å². The van der Waals surface area contributed by atoms with Gasteiger partial charge in [0, 0.05) is 25.1 Å². The van der Waals surface area contributed by atoms with Crippen LogP contribution in [0.3, 0.4) is 0 Å². The average molecular weight is 318 g/mol. The van der Waals surface area contributed by atoms with Gasteiger partial charge < -0.3 is 10.1 Å². The van der Waals surface area contributed by atoms with Gasteiger partial charge in [-0.2, -0.15) is 0 Å². The molecule has 1 amide bonds. The maximum Gasteiger partial charge on any atom is 0.234 e. The predicted octanol–water partition coefficient (Wildman–Crippen LogP) is 2.92. The second kappa shape index (κ2) is 8.46. The van der Waals surface area contributed by atoms with Crippen LogP contribution >= 0.6 is 0 Å². The Labute approximate surface area is 140 Å². The number of amides is 1. The number of rotatable bonds is 6.